The number of ether oxygens (including phenoxy) is 1. The number of nitriles is 1. The van der Waals surface area contributed by atoms with Crippen LogP contribution in [0.25, 0.3) is 0 Å². The summed E-state index contributed by atoms with van der Waals surface area (Å²) < 4.78 is 5.26. The van der Waals surface area contributed by atoms with Crippen LogP contribution >= 0.6 is 0 Å². The van der Waals surface area contributed by atoms with E-state index in [2.05, 4.69) is 16.0 Å². The lowest BCUT2D eigenvalue weighted by Gasteiger charge is -2.30. The number of hydrogen-bond donors (Lipinski definition) is 0. The van der Waals surface area contributed by atoms with Gasteiger partial charge in [-0.25, -0.2) is 9.97 Å². The number of rotatable bonds is 1. The Morgan fingerprint density at radius 1 is 1.60 bits per heavy atom. The predicted octanol–water partition coefficient (Wildman–Crippen LogP) is 0.514. The summed E-state index contributed by atoms with van der Waals surface area (Å²) in [6.45, 7) is 3.84. The van der Waals surface area contributed by atoms with Crippen LogP contribution in [0.5, 0.6) is 0 Å². The van der Waals surface area contributed by atoms with E-state index in [0.29, 0.717) is 13.2 Å². The maximum absolute atomic E-state index is 8.78. The average molecular weight is 204 g/mol. The molecule has 78 valence electrons. The van der Waals surface area contributed by atoms with Gasteiger partial charge in [0.15, 0.2) is 6.10 Å². The first-order valence-corrected chi connectivity index (χ1v) is 4.84. The molecule has 5 heteroatoms. The number of morpholine rings is 1. The van der Waals surface area contributed by atoms with Crippen LogP contribution in [0.2, 0.25) is 0 Å². The van der Waals surface area contributed by atoms with E-state index in [0.717, 1.165) is 18.1 Å². The third-order valence-electron chi connectivity index (χ3n) is 2.32. The number of nitrogens with zero attached hydrogens (tertiary/aromatic N) is 4. The molecule has 0 aromatic carbocycles. The Bertz CT molecular complexity index is 387. The van der Waals surface area contributed by atoms with E-state index in [1.54, 1.807) is 6.33 Å². The van der Waals surface area contributed by atoms with Gasteiger partial charge in [0, 0.05) is 18.3 Å². The second kappa shape index (κ2) is 4.24. The van der Waals surface area contributed by atoms with Gasteiger partial charge in [-0.15, -0.1) is 0 Å². The molecule has 2 rings (SSSR count). The summed E-state index contributed by atoms with van der Waals surface area (Å²) in [6.07, 6.45) is 1.19. The first kappa shape index (κ1) is 9.87. The van der Waals surface area contributed by atoms with E-state index in [1.165, 1.54) is 0 Å². The Hall–Kier alpha value is -1.67. The molecule has 1 atom stereocenters. The topological polar surface area (TPSA) is 62.0 Å². The molecule has 5 nitrogen and oxygen atoms in total. The second-order valence-electron chi connectivity index (χ2n) is 3.45. The van der Waals surface area contributed by atoms with Gasteiger partial charge in [-0.1, -0.05) is 0 Å². The van der Waals surface area contributed by atoms with Gasteiger partial charge in [0.1, 0.15) is 12.1 Å². The van der Waals surface area contributed by atoms with Crippen LogP contribution in [0.3, 0.4) is 0 Å². The molecule has 0 N–H and O–H groups in total. The lowest BCUT2D eigenvalue weighted by molar-refractivity contribution is 0.0761. The van der Waals surface area contributed by atoms with Crippen LogP contribution in [0, 0.1) is 18.3 Å². The highest BCUT2D eigenvalue weighted by Gasteiger charge is 2.20. The van der Waals surface area contributed by atoms with Crippen LogP contribution in [0.15, 0.2) is 12.4 Å². The van der Waals surface area contributed by atoms with Crippen molar-refractivity contribution in [1.82, 2.24) is 9.97 Å². The summed E-state index contributed by atoms with van der Waals surface area (Å²) in [5.41, 5.74) is 0.931. The van der Waals surface area contributed by atoms with Gasteiger partial charge in [-0.05, 0) is 6.92 Å². The number of aromatic nitrogens is 2. The smallest absolute Gasteiger partial charge is 0.161 e. The van der Waals surface area contributed by atoms with Crippen molar-refractivity contribution in [2.24, 2.45) is 0 Å². The van der Waals surface area contributed by atoms with E-state index in [9.17, 15) is 0 Å². The number of aryl methyl sites for hydroxylation is 1. The Morgan fingerprint density at radius 2 is 2.47 bits per heavy atom. The van der Waals surface area contributed by atoms with E-state index in [-0.39, 0.29) is 6.10 Å². The highest BCUT2D eigenvalue weighted by Crippen LogP contribution is 2.14. The van der Waals surface area contributed by atoms with Crippen molar-refractivity contribution in [3.8, 4) is 6.07 Å². The van der Waals surface area contributed by atoms with Gasteiger partial charge in [0.05, 0.1) is 19.2 Å². The summed E-state index contributed by atoms with van der Waals surface area (Å²) in [6, 6.07) is 4.03. The van der Waals surface area contributed by atoms with Crippen LogP contribution in [-0.2, 0) is 4.74 Å². The van der Waals surface area contributed by atoms with Crippen molar-refractivity contribution in [2.45, 2.75) is 13.0 Å². The normalized spacial score (nSPS) is 21.1. The molecular weight excluding hydrogens is 192 g/mol. The van der Waals surface area contributed by atoms with Crippen molar-refractivity contribution in [2.75, 3.05) is 24.6 Å². The Labute approximate surface area is 88.3 Å². The fourth-order valence-electron chi connectivity index (χ4n) is 1.55. The second-order valence-corrected chi connectivity index (χ2v) is 3.45. The van der Waals surface area contributed by atoms with Crippen molar-refractivity contribution in [1.29, 1.82) is 5.26 Å². The van der Waals surface area contributed by atoms with Gasteiger partial charge in [0.2, 0.25) is 0 Å². The van der Waals surface area contributed by atoms with Gasteiger partial charge >= 0.3 is 0 Å². The molecule has 2 heterocycles. The monoisotopic (exact) mass is 204 g/mol. The van der Waals surface area contributed by atoms with E-state index >= 15 is 0 Å². The molecule has 1 fully saturated rings. The van der Waals surface area contributed by atoms with Crippen molar-refractivity contribution in [3.05, 3.63) is 18.1 Å². The van der Waals surface area contributed by atoms with Crippen LogP contribution in [0.4, 0.5) is 5.82 Å². The zero-order valence-corrected chi connectivity index (χ0v) is 8.55. The summed E-state index contributed by atoms with van der Waals surface area (Å²) in [5.74, 6) is 0.867. The molecule has 0 amide bonds. The third kappa shape index (κ3) is 2.22. The van der Waals surface area contributed by atoms with Crippen LogP contribution in [-0.4, -0.2) is 35.8 Å². The standard InChI is InChI=1S/C10H12N4O/c1-8-4-10(13-7-12-8)14-2-3-15-9(5-11)6-14/h4,7,9H,2-3,6H2,1H3. The maximum Gasteiger partial charge on any atom is 0.161 e. The predicted molar refractivity (Wildman–Crippen MR) is 54.3 cm³/mol. The lowest BCUT2D eigenvalue weighted by Crippen LogP contribution is -2.42. The average Bonchev–Trinajstić information content (AvgIpc) is 2.29. The maximum atomic E-state index is 8.78. The number of anilines is 1. The molecule has 0 bridgehead atoms. The van der Waals surface area contributed by atoms with Crippen molar-refractivity contribution in [3.63, 3.8) is 0 Å². The molecular formula is C10H12N4O. The fourth-order valence-corrected chi connectivity index (χ4v) is 1.55. The van der Waals surface area contributed by atoms with Gasteiger partial charge in [-0.3, -0.25) is 0 Å². The zero-order chi connectivity index (χ0) is 10.7. The van der Waals surface area contributed by atoms with Crippen molar-refractivity contribution < 1.29 is 4.74 Å². The molecule has 0 spiro atoms. The highest BCUT2D eigenvalue weighted by molar-refractivity contribution is 5.39. The molecule has 0 aliphatic carbocycles. The minimum atomic E-state index is -0.353. The first-order valence-electron chi connectivity index (χ1n) is 4.84. The quantitative estimate of drug-likeness (QED) is 0.667. The van der Waals surface area contributed by atoms with E-state index < -0.39 is 0 Å². The van der Waals surface area contributed by atoms with Crippen LogP contribution in [0.1, 0.15) is 5.69 Å². The van der Waals surface area contributed by atoms with Crippen LogP contribution < -0.4 is 4.90 Å². The summed E-state index contributed by atoms with van der Waals surface area (Å²) in [7, 11) is 0. The molecule has 1 aliphatic rings. The molecule has 1 unspecified atom stereocenters. The largest absolute Gasteiger partial charge is 0.360 e. The summed E-state index contributed by atoms with van der Waals surface area (Å²) in [4.78, 5) is 10.3. The molecule has 1 aromatic rings. The Kier molecular flexibility index (Phi) is 2.79. The van der Waals surface area contributed by atoms with Gasteiger partial charge in [0.25, 0.3) is 0 Å². The third-order valence-corrected chi connectivity index (χ3v) is 2.32. The van der Waals surface area contributed by atoms with E-state index in [1.807, 2.05) is 17.9 Å². The summed E-state index contributed by atoms with van der Waals surface area (Å²) in [5, 5.41) is 8.78. The van der Waals surface area contributed by atoms with Gasteiger partial charge < -0.3 is 9.64 Å². The molecule has 15 heavy (non-hydrogen) atoms. The zero-order valence-electron chi connectivity index (χ0n) is 8.55. The van der Waals surface area contributed by atoms with E-state index in [4.69, 9.17) is 10.00 Å². The summed E-state index contributed by atoms with van der Waals surface area (Å²) >= 11 is 0. The minimum Gasteiger partial charge on any atom is -0.360 e. The fraction of sp³-hybridized carbons (Fsp3) is 0.500. The molecule has 1 saturated heterocycles. The van der Waals surface area contributed by atoms with Gasteiger partial charge in [-0.2, -0.15) is 5.26 Å². The molecule has 0 saturated carbocycles. The number of hydrogen-bond acceptors (Lipinski definition) is 5. The highest BCUT2D eigenvalue weighted by atomic mass is 16.5. The Balaban J connectivity index is 2.14. The molecule has 1 aliphatic heterocycles. The first-order chi connectivity index (χ1) is 7.29. The Morgan fingerprint density at radius 3 is 3.20 bits per heavy atom. The lowest BCUT2D eigenvalue weighted by atomic mass is 10.3. The van der Waals surface area contributed by atoms with Crippen molar-refractivity contribution >= 4 is 5.82 Å². The minimum absolute atomic E-state index is 0.353. The molecule has 1 aromatic heterocycles. The SMILES string of the molecule is Cc1cc(N2CCOC(C#N)C2)ncn1. The molecule has 0 radical (unpaired) electrons.